The summed E-state index contributed by atoms with van der Waals surface area (Å²) in [5.74, 6) is 2.18. The number of ether oxygens (including phenoxy) is 1. The minimum absolute atomic E-state index is 0.351. The maximum atomic E-state index is 6.11. The number of aryl methyl sites for hydroxylation is 1. The van der Waals surface area contributed by atoms with Gasteiger partial charge in [0.1, 0.15) is 11.6 Å². The quantitative estimate of drug-likeness (QED) is 0.373. The Labute approximate surface area is 202 Å². The number of rotatable bonds is 11. The second-order valence-corrected chi connectivity index (χ2v) is 10.1. The largest absolute Gasteiger partial charge is 0.494 e. The first-order valence-corrected chi connectivity index (χ1v) is 12.8. The van der Waals surface area contributed by atoms with Gasteiger partial charge in [0, 0.05) is 51.1 Å². The fourth-order valence-electron chi connectivity index (χ4n) is 4.56. The van der Waals surface area contributed by atoms with Crippen LogP contribution in [0.2, 0.25) is 0 Å². The highest BCUT2D eigenvalue weighted by Gasteiger charge is 2.27. The van der Waals surface area contributed by atoms with Crippen LogP contribution < -0.4 is 14.8 Å². The zero-order chi connectivity index (χ0) is 23.2. The predicted octanol–water partition coefficient (Wildman–Crippen LogP) is 4.71. The molecular weight excluding hydrogens is 434 g/mol. The van der Waals surface area contributed by atoms with E-state index in [2.05, 4.69) is 38.7 Å². The van der Waals surface area contributed by atoms with E-state index in [0.717, 1.165) is 63.4 Å². The van der Waals surface area contributed by atoms with E-state index in [1.807, 2.05) is 31.2 Å². The number of anilines is 2. The molecule has 4 rings (SSSR count). The monoisotopic (exact) mass is 471 g/mol. The molecule has 2 atom stereocenters. The third-order valence-corrected chi connectivity index (χ3v) is 7.69. The molecule has 180 valence electrons. The summed E-state index contributed by atoms with van der Waals surface area (Å²) in [6, 6.07) is 10.9. The Hall–Kier alpha value is -2.00. The van der Waals surface area contributed by atoms with E-state index in [9.17, 15) is 0 Å². The van der Waals surface area contributed by atoms with Crippen molar-refractivity contribution in [2.45, 2.75) is 45.6 Å². The number of pyridine rings is 1. The van der Waals surface area contributed by atoms with Gasteiger partial charge in [0.25, 0.3) is 0 Å². The first-order valence-electron chi connectivity index (χ1n) is 12.1. The number of aromatic nitrogens is 1. The van der Waals surface area contributed by atoms with E-state index in [4.69, 9.17) is 15.3 Å². The van der Waals surface area contributed by atoms with Gasteiger partial charge in [-0.1, -0.05) is 13.0 Å². The van der Waals surface area contributed by atoms with Gasteiger partial charge in [0.15, 0.2) is 0 Å². The lowest BCUT2D eigenvalue weighted by Gasteiger charge is -2.23. The molecule has 1 aliphatic carbocycles. The molecule has 0 spiro atoms. The van der Waals surface area contributed by atoms with Crippen molar-refractivity contribution in [1.29, 1.82) is 0 Å². The Morgan fingerprint density at radius 2 is 2.12 bits per heavy atom. The normalized spacial score (nSPS) is 19.3. The van der Waals surface area contributed by atoms with E-state index in [1.165, 1.54) is 11.1 Å². The number of nitrogens with two attached hydrogens (primary N) is 1. The molecule has 1 aliphatic heterocycles. The van der Waals surface area contributed by atoms with Crippen LogP contribution in [-0.2, 0) is 11.3 Å². The van der Waals surface area contributed by atoms with Crippen LogP contribution in [-0.4, -0.2) is 54.2 Å². The van der Waals surface area contributed by atoms with E-state index >= 15 is 0 Å². The Kier molecular flexibility index (Phi) is 8.35. The summed E-state index contributed by atoms with van der Waals surface area (Å²) in [4.78, 5) is 9.77. The van der Waals surface area contributed by atoms with Gasteiger partial charge < -0.3 is 14.8 Å². The second-order valence-electron chi connectivity index (χ2n) is 8.96. The number of hydrogen-bond acceptors (Lipinski definition) is 8. The number of hydroxylamine groups is 2. The summed E-state index contributed by atoms with van der Waals surface area (Å²) < 4.78 is 10.8. The lowest BCUT2D eigenvalue weighted by atomic mass is 10.0. The van der Waals surface area contributed by atoms with Gasteiger partial charge in [-0.05, 0) is 67.9 Å². The van der Waals surface area contributed by atoms with Crippen LogP contribution in [0.3, 0.4) is 0 Å². The van der Waals surface area contributed by atoms with Crippen molar-refractivity contribution in [1.82, 2.24) is 14.4 Å². The first-order chi connectivity index (χ1) is 16.0. The third kappa shape index (κ3) is 6.32. The van der Waals surface area contributed by atoms with Crippen LogP contribution >= 0.6 is 12.1 Å². The SMILES string of the molecule is CCON(C)C1CCc2cc(OCC[C@H](C)CCN3CCN(c4ccnc(N)c4)S3)ccc21. The van der Waals surface area contributed by atoms with Crippen molar-refractivity contribution in [3.05, 3.63) is 47.7 Å². The van der Waals surface area contributed by atoms with E-state index in [1.54, 1.807) is 18.3 Å². The van der Waals surface area contributed by atoms with E-state index in [-0.39, 0.29) is 0 Å². The molecule has 2 aromatic rings. The molecule has 2 N–H and O–H groups in total. The number of hydrogen-bond donors (Lipinski definition) is 1. The van der Waals surface area contributed by atoms with Crippen LogP contribution in [0, 0.1) is 5.92 Å². The average molecular weight is 472 g/mol. The van der Waals surface area contributed by atoms with Crippen LogP contribution in [0.25, 0.3) is 0 Å². The average Bonchev–Trinajstić information content (AvgIpc) is 3.45. The maximum absolute atomic E-state index is 6.11. The van der Waals surface area contributed by atoms with Crippen molar-refractivity contribution in [2.75, 3.05) is 49.9 Å². The summed E-state index contributed by atoms with van der Waals surface area (Å²) >= 11 is 1.79. The molecule has 1 aromatic carbocycles. The zero-order valence-corrected chi connectivity index (χ0v) is 20.9. The Morgan fingerprint density at radius 1 is 1.24 bits per heavy atom. The molecule has 0 bridgehead atoms. The Balaban J connectivity index is 1.17. The molecule has 0 amide bonds. The lowest BCUT2D eigenvalue weighted by molar-refractivity contribution is -0.164. The Bertz CT molecular complexity index is 914. The highest BCUT2D eigenvalue weighted by molar-refractivity contribution is 7.98. The van der Waals surface area contributed by atoms with E-state index < -0.39 is 0 Å². The molecule has 1 saturated heterocycles. The molecule has 1 unspecified atom stereocenters. The van der Waals surface area contributed by atoms with Crippen LogP contribution in [0.1, 0.15) is 50.3 Å². The van der Waals surface area contributed by atoms with Crippen molar-refractivity contribution in [3.8, 4) is 5.75 Å². The summed E-state index contributed by atoms with van der Waals surface area (Å²) in [7, 11) is 2.03. The van der Waals surface area contributed by atoms with Crippen molar-refractivity contribution < 1.29 is 9.57 Å². The lowest BCUT2D eigenvalue weighted by Crippen LogP contribution is -2.23. The summed E-state index contributed by atoms with van der Waals surface area (Å²) in [5, 5.41) is 2.00. The minimum atomic E-state index is 0.351. The van der Waals surface area contributed by atoms with Crippen LogP contribution in [0.15, 0.2) is 36.5 Å². The van der Waals surface area contributed by atoms with Gasteiger partial charge in [-0.15, -0.1) is 0 Å². The first kappa shape index (κ1) is 24.1. The molecule has 0 saturated carbocycles. The zero-order valence-electron chi connectivity index (χ0n) is 20.1. The van der Waals surface area contributed by atoms with Crippen molar-refractivity contribution >= 4 is 23.6 Å². The van der Waals surface area contributed by atoms with Crippen LogP contribution in [0.5, 0.6) is 5.75 Å². The fourth-order valence-corrected chi connectivity index (χ4v) is 5.56. The number of benzene rings is 1. The van der Waals surface area contributed by atoms with Gasteiger partial charge in [-0.2, -0.15) is 5.06 Å². The molecule has 0 radical (unpaired) electrons. The van der Waals surface area contributed by atoms with Gasteiger partial charge in [-0.3, -0.25) is 4.84 Å². The van der Waals surface area contributed by atoms with Crippen molar-refractivity contribution in [2.24, 2.45) is 5.92 Å². The van der Waals surface area contributed by atoms with Gasteiger partial charge in [0.05, 0.1) is 24.9 Å². The third-order valence-electron chi connectivity index (χ3n) is 6.50. The summed E-state index contributed by atoms with van der Waals surface area (Å²) in [5.41, 5.74) is 9.72. The standard InChI is InChI=1S/C25H37N5O2S/c1-4-32-28(3)24-8-5-20-17-22(6-7-23(20)24)31-16-11-19(2)10-13-29-14-15-30(33-29)21-9-12-27-25(26)18-21/h6-7,9,12,17-19,24H,4-5,8,10-11,13-16H2,1-3H3,(H2,26,27)/t19-,24?/m1/s1. The molecule has 2 aliphatic rings. The van der Waals surface area contributed by atoms with Crippen molar-refractivity contribution in [3.63, 3.8) is 0 Å². The number of nitrogen functional groups attached to an aromatic ring is 1. The highest BCUT2D eigenvalue weighted by Crippen LogP contribution is 2.37. The molecule has 1 fully saturated rings. The number of nitrogens with zero attached hydrogens (tertiary/aromatic N) is 4. The molecule has 7 nitrogen and oxygen atoms in total. The topological polar surface area (TPSA) is 67.1 Å². The second kappa shape index (κ2) is 11.4. The molecule has 2 heterocycles. The predicted molar refractivity (Wildman–Crippen MR) is 136 cm³/mol. The molecule has 8 heteroatoms. The van der Waals surface area contributed by atoms with Gasteiger partial charge in [0.2, 0.25) is 0 Å². The van der Waals surface area contributed by atoms with E-state index in [0.29, 0.717) is 24.4 Å². The van der Waals surface area contributed by atoms with Gasteiger partial charge >= 0.3 is 0 Å². The maximum Gasteiger partial charge on any atom is 0.125 e. The molecule has 1 aromatic heterocycles. The summed E-state index contributed by atoms with van der Waals surface area (Å²) in [6.45, 7) is 8.96. The van der Waals surface area contributed by atoms with Crippen LogP contribution in [0.4, 0.5) is 11.5 Å². The summed E-state index contributed by atoms with van der Waals surface area (Å²) in [6.07, 6.45) is 6.19. The smallest absolute Gasteiger partial charge is 0.125 e. The minimum Gasteiger partial charge on any atom is -0.494 e. The highest BCUT2D eigenvalue weighted by atomic mass is 32.2. The number of fused-ring (bicyclic) bond motifs is 1. The Morgan fingerprint density at radius 3 is 2.94 bits per heavy atom. The fraction of sp³-hybridized carbons (Fsp3) is 0.560. The molecule has 33 heavy (non-hydrogen) atoms. The van der Waals surface area contributed by atoms with Gasteiger partial charge in [-0.25, -0.2) is 9.29 Å². The molecular formula is C25H37N5O2S.